The number of benzene rings is 1. The fraction of sp³-hybridized carbons (Fsp3) is 0.125. The average Bonchev–Trinajstić information content (AvgIpc) is 1.88. The van der Waals surface area contributed by atoms with Crippen molar-refractivity contribution in [3.63, 3.8) is 0 Å². The molecule has 0 spiro atoms. The first-order chi connectivity index (χ1) is 4.79. The third-order valence-electron chi connectivity index (χ3n) is 1.00. The molecule has 1 aromatic carbocycles. The molecule has 0 aliphatic rings. The Balaban J connectivity index is 0.000001000. The maximum absolute atomic E-state index is 10.4. The first-order valence-corrected chi connectivity index (χ1v) is 3.02. The van der Waals surface area contributed by atoms with Gasteiger partial charge in [0.1, 0.15) is 5.75 Å². The summed E-state index contributed by atoms with van der Waals surface area (Å²) in [5.41, 5.74) is 0. The van der Waals surface area contributed by atoms with Gasteiger partial charge in [-0.2, -0.15) is 0 Å². The minimum atomic E-state index is -0.286. The second-order valence-corrected chi connectivity index (χ2v) is 1.91. The topological polar surface area (TPSA) is 26.3 Å². The molecule has 0 amide bonds. The summed E-state index contributed by atoms with van der Waals surface area (Å²) < 4.78 is 4.78. The quantitative estimate of drug-likeness (QED) is 0.418. The summed E-state index contributed by atoms with van der Waals surface area (Å²) in [4.78, 5) is 10.4. The zero-order valence-electron chi connectivity index (χ0n) is 6.41. The first-order valence-electron chi connectivity index (χ1n) is 3.02. The van der Waals surface area contributed by atoms with Crippen LogP contribution in [0.25, 0.3) is 0 Å². The van der Waals surface area contributed by atoms with E-state index >= 15 is 0 Å². The number of ether oxygens (including phenoxy) is 1. The van der Waals surface area contributed by atoms with Gasteiger partial charge in [0.2, 0.25) is 0 Å². The van der Waals surface area contributed by atoms with Gasteiger partial charge >= 0.3 is 32.2 Å². The van der Waals surface area contributed by atoms with E-state index in [0.29, 0.717) is 5.75 Å². The third-order valence-corrected chi connectivity index (χ3v) is 1.00. The molecule has 0 saturated heterocycles. The van der Waals surface area contributed by atoms with Crippen LogP contribution in [0.3, 0.4) is 0 Å². The van der Waals surface area contributed by atoms with E-state index in [1.165, 1.54) is 6.92 Å². The van der Waals surface area contributed by atoms with Gasteiger partial charge < -0.3 is 4.74 Å². The van der Waals surface area contributed by atoms with Gasteiger partial charge in [0, 0.05) is 6.92 Å². The van der Waals surface area contributed by atoms with Crippen LogP contribution < -0.4 is 4.74 Å². The van der Waals surface area contributed by atoms with Crippen molar-refractivity contribution in [1.29, 1.82) is 0 Å². The van der Waals surface area contributed by atoms with Crippen molar-refractivity contribution < 1.29 is 9.53 Å². The molecule has 60 valence electrons. The van der Waals surface area contributed by atoms with Crippen LogP contribution in [-0.2, 0) is 4.79 Å². The zero-order chi connectivity index (χ0) is 7.40. The maximum atomic E-state index is 10.4. The van der Waals surface area contributed by atoms with Gasteiger partial charge in [0.25, 0.3) is 0 Å². The SMILES string of the molecule is CC(=O)Oc1ccccc1.[BiH3]. The van der Waals surface area contributed by atoms with Crippen molar-refractivity contribution >= 4 is 32.2 Å². The molecule has 0 N–H and O–H groups in total. The molecule has 1 rings (SSSR count). The Hall–Kier alpha value is -0.427. The van der Waals surface area contributed by atoms with Crippen molar-refractivity contribution in [2.24, 2.45) is 0 Å². The van der Waals surface area contributed by atoms with Crippen LogP contribution in [0.1, 0.15) is 6.92 Å². The molecule has 1 aromatic rings. The van der Waals surface area contributed by atoms with Crippen LogP contribution in [0.4, 0.5) is 0 Å². The molecule has 0 aromatic heterocycles. The Morgan fingerprint density at radius 1 is 1.27 bits per heavy atom. The predicted molar refractivity (Wildman–Crippen MR) is 47.7 cm³/mol. The fourth-order valence-electron chi connectivity index (χ4n) is 0.655. The van der Waals surface area contributed by atoms with Gasteiger partial charge in [0.15, 0.2) is 0 Å². The number of hydrogen-bond donors (Lipinski definition) is 0. The van der Waals surface area contributed by atoms with E-state index < -0.39 is 0 Å². The van der Waals surface area contributed by atoms with E-state index in [1.807, 2.05) is 18.2 Å². The van der Waals surface area contributed by atoms with Gasteiger partial charge in [-0.25, -0.2) is 0 Å². The monoisotopic (exact) mass is 348 g/mol. The molecule has 0 bridgehead atoms. The van der Waals surface area contributed by atoms with Crippen LogP contribution in [0.2, 0.25) is 0 Å². The van der Waals surface area contributed by atoms with Gasteiger partial charge in [-0.1, -0.05) is 18.2 Å². The van der Waals surface area contributed by atoms with Crippen molar-refractivity contribution in [3.8, 4) is 5.75 Å². The van der Waals surface area contributed by atoms with Crippen molar-refractivity contribution in [2.75, 3.05) is 0 Å². The molecule has 0 unspecified atom stereocenters. The molecule has 2 nitrogen and oxygen atoms in total. The standard InChI is InChI=1S/C8H8O2.Bi.3H/c1-7(9)10-8-5-3-2-4-6-8;;;;/h2-6H,1H3;;;;. The minimum absolute atomic E-state index is 0. The molecule has 0 aliphatic carbocycles. The zero-order valence-corrected chi connectivity index (χ0v) is 11.9. The Labute approximate surface area is 84.7 Å². The molecule has 11 heavy (non-hydrogen) atoms. The van der Waals surface area contributed by atoms with E-state index in [-0.39, 0.29) is 32.2 Å². The number of hydrogen-bond acceptors (Lipinski definition) is 2. The third kappa shape index (κ3) is 4.10. The van der Waals surface area contributed by atoms with Crippen molar-refractivity contribution in [2.45, 2.75) is 6.92 Å². The summed E-state index contributed by atoms with van der Waals surface area (Å²) in [6.07, 6.45) is 0. The van der Waals surface area contributed by atoms with Crippen LogP contribution in [0.5, 0.6) is 5.75 Å². The summed E-state index contributed by atoms with van der Waals surface area (Å²) in [6.45, 7) is 1.38. The first kappa shape index (κ1) is 10.6. The molecule has 0 fully saturated rings. The number of carbonyl (C=O) groups excluding carboxylic acids is 1. The molecule has 0 saturated carbocycles. The van der Waals surface area contributed by atoms with Gasteiger partial charge in [0.05, 0.1) is 0 Å². The van der Waals surface area contributed by atoms with Gasteiger partial charge in [-0.05, 0) is 12.1 Å². The van der Waals surface area contributed by atoms with E-state index in [9.17, 15) is 4.79 Å². The van der Waals surface area contributed by atoms with Crippen molar-refractivity contribution in [1.82, 2.24) is 0 Å². The van der Waals surface area contributed by atoms with Crippen LogP contribution in [0.15, 0.2) is 30.3 Å². The summed E-state index contributed by atoms with van der Waals surface area (Å²) in [5.74, 6) is 0.307. The number of esters is 1. The van der Waals surface area contributed by atoms with E-state index in [0.717, 1.165) is 0 Å². The normalized spacial score (nSPS) is 8.09. The number of rotatable bonds is 1. The van der Waals surface area contributed by atoms with Crippen LogP contribution in [0, 0.1) is 0 Å². The second-order valence-electron chi connectivity index (χ2n) is 1.91. The van der Waals surface area contributed by atoms with Gasteiger partial charge in [-0.3, -0.25) is 4.79 Å². The molecule has 3 heteroatoms. The summed E-state index contributed by atoms with van der Waals surface area (Å²) >= 11 is 0. The summed E-state index contributed by atoms with van der Waals surface area (Å²) in [7, 11) is 0. The molecule has 0 radical (unpaired) electrons. The summed E-state index contributed by atoms with van der Waals surface area (Å²) in [5, 5.41) is 0. The van der Waals surface area contributed by atoms with Crippen LogP contribution in [-0.4, -0.2) is 32.2 Å². The Morgan fingerprint density at radius 3 is 2.27 bits per heavy atom. The Bertz CT molecular complexity index is 221. The number of carbonyl (C=O) groups is 1. The van der Waals surface area contributed by atoms with Crippen molar-refractivity contribution in [3.05, 3.63) is 30.3 Å². The fourth-order valence-corrected chi connectivity index (χ4v) is 0.655. The second kappa shape index (κ2) is 5.25. The Kier molecular flexibility index (Phi) is 5.05. The van der Waals surface area contributed by atoms with E-state index in [1.54, 1.807) is 12.1 Å². The van der Waals surface area contributed by atoms with Gasteiger partial charge in [-0.15, -0.1) is 0 Å². The molecule has 0 aliphatic heterocycles. The molecule has 0 heterocycles. The number of para-hydroxylation sites is 1. The van der Waals surface area contributed by atoms with E-state index in [2.05, 4.69) is 0 Å². The molecular formula is C8H11BiO2. The summed E-state index contributed by atoms with van der Waals surface area (Å²) in [6, 6.07) is 8.98. The predicted octanol–water partition coefficient (Wildman–Crippen LogP) is 0.428. The van der Waals surface area contributed by atoms with E-state index in [4.69, 9.17) is 4.74 Å². The molecule has 0 atom stereocenters. The molecular weight excluding hydrogens is 337 g/mol. The van der Waals surface area contributed by atoms with Crippen LogP contribution >= 0.6 is 0 Å². The average molecular weight is 348 g/mol. The Morgan fingerprint density at radius 2 is 1.82 bits per heavy atom.